The molecule has 0 saturated carbocycles. The molecule has 2 saturated heterocycles. The Morgan fingerprint density at radius 2 is 1.77 bits per heavy atom. The quantitative estimate of drug-likeness (QED) is 0.0974. The highest BCUT2D eigenvalue weighted by molar-refractivity contribution is 7.47. The molecule has 0 aromatic carbocycles. The van der Waals surface area contributed by atoms with Gasteiger partial charge in [0.25, 0.3) is 5.56 Å². The van der Waals surface area contributed by atoms with E-state index in [1.807, 2.05) is 0 Å². The third-order valence-electron chi connectivity index (χ3n) is 6.89. The van der Waals surface area contributed by atoms with Crippen molar-refractivity contribution >= 4 is 55.4 Å². The van der Waals surface area contributed by atoms with Gasteiger partial charge in [0.15, 0.2) is 23.6 Å². The van der Waals surface area contributed by atoms with E-state index < -0.39 is 71.3 Å². The van der Waals surface area contributed by atoms with Crippen LogP contribution in [0.25, 0.3) is 22.2 Å². The fourth-order valence-corrected chi connectivity index (χ4v) is 6.58. The molecule has 0 aliphatic carbocycles. The van der Waals surface area contributed by atoms with E-state index in [9.17, 15) is 23.9 Å². The summed E-state index contributed by atoms with van der Waals surface area (Å²) < 4.78 is 53.9. The Morgan fingerprint density at radius 3 is 2.55 bits per heavy atom. The molecule has 6 rings (SSSR count). The van der Waals surface area contributed by atoms with Crippen LogP contribution in [0.2, 0.25) is 5.15 Å². The molecule has 4 aromatic rings. The number of hydrogen-bond donors (Lipinski definition) is 6. The summed E-state index contributed by atoms with van der Waals surface area (Å²) in [6.45, 7) is -1.06. The largest absolute Gasteiger partial charge is 0.472 e. The van der Waals surface area contributed by atoms with Gasteiger partial charge in [0.2, 0.25) is 5.95 Å². The Bertz CT molecular complexity index is 1850. The number of fused-ring (bicyclic) bond motifs is 2. The van der Waals surface area contributed by atoms with Crippen LogP contribution < -0.4 is 11.3 Å². The molecular formula is C21H25ClN8O12P2. The Labute approximate surface area is 250 Å². The van der Waals surface area contributed by atoms with Gasteiger partial charge in [-0.3, -0.25) is 27.9 Å². The number of halogens is 1. The lowest BCUT2D eigenvalue weighted by molar-refractivity contribution is -0.0586. The highest BCUT2D eigenvalue weighted by atomic mass is 35.5. The van der Waals surface area contributed by atoms with Crippen molar-refractivity contribution in [3.8, 4) is 0 Å². The van der Waals surface area contributed by atoms with E-state index in [1.165, 1.54) is 17.2 Å². The highest BCUT2D eigenvalue weighted by Gasteiger charge is 2.44. The molecule has 2 aliphatic rings. The number of aliphatic hydroxyl groups excluding tert-OH is 1. The number of anilines is 1. The predicted molar refractivity (Wildman–Crippen MR) is 147 cm³/mol. The lowest BCUT2D eigenvalue weighted by Gasteiger charge is -2.23. The molecule has 6 heterocycles. The van der Waals surface area contributed by atoms with Crippen molar-refractivity contribution in [1.29, 1.82) is 0 Å². The van der Waals surface area contributed by atoms with Crippen molar-refractivity contribution in [2.75, 3.05) is 18.9 Å². The Hall–Kier alpha value is -2.84. The van der Waals surface area contributed by atoms with Crippen molar-refractivity contribution in [2.24, 2.45) is 0 Å². The second kappa shape index (κ2) is 11.8. The minimum absolute atomic E-state index is 0.0430. The fourth-order valence-electron chi connectivity index (χ4n) is 5.08. The van der Waals surface area contributed by atoms with Crippen LogP contribution in [0.5, 0.6) is 0 Å². The number of rotatable bonds is 10. The zero-order chi connectivity index (χ0) is 31.4. The van der Waals surface area contributed by atoms with Gasteiger partial charge in [-0.15, -0.1) is 0 Å². The van der Waals surface area contributed by atoms with Gasteiger partial charge in [-0.2, -0.15) is 4.98 Å². The number of aliphatic hydroxyl groups is 1. The maximum Gasteiger partial charge on any atom is 0.472 e. The van der Waals surface area contributed by atoms with Crippen LogP contribution in [0.4, 0.5) is 5.95 Å². The van der Waals surface area contributed by atoms with Crippen molar-refractivity contribution in [3.05, 3.63) is 40.4 Å². The van der Waals surface area contributed by atoms with Crippen LogP contribution in [-0.4, -0.2) is 91.5 Å². The summed E-state index contributed by atoms with van der Waals surface area (Å²) >= 11 is 6.10. The first-order chi connectivity index (χ1) is 20.8. The average molecular weight is 679 g/mol. The third-order valence-corrected chi connectivity index (χ3v) is 8.69. The zero-order valence-corrected chi connectivity index (χ0v) is 24.7. The number of phosphoric ester groups is 2. The molecule has 0 spiro atoms. The summed E-state index contributed by atoms with van der Waals surface area (Å²) in [5.41, 5.74) is 5.27. The van der Waals surface area contributed by atoms with E-state index in [4.69, 9.17) is 45.6 Å². The number of nitrogens with one attached hydrogen (secondary N) is 1. The Balaban J connectivity index is 1.16. The van der Waals surface area contributed by atoms with Crippen molar-refractivity contribution < 1.29 is 52.0 Å². The third kappa shape index (κ3) is 6.43. The van der Waals surface area contributed by atoms with Crippen LogP contribution in [-0.2, 0) is 32.2 Å². The number of nitrogens with two attached hydrogens (primary N) is 1. The summed E-state index contributed by atoms with van der Waals surface area (Å²) in [5, 5.41) is 11.4. The van der Waals surface area contributed by atoms with Crippen molar-refractivity contribution in [2.45, 2.75) is 49.7 Å². The van der Waals surface area contributed by atoms with Crippen LogP contribution in [0.15, 0.2) is 29.7 Å². The summed E-state index contributed by atoms with van der Waals surface area (Å²) in [4.78, 5) is 59.5. The maximum absolute atomic E-state index is 13.1. The summed E-state index contributed by atoms with van der Waals surface area (Å²) in [7, 11) is -9.73. The van der Waals surface area contributed by atoms with Crippen molar-refractivity contribution in [1.82, 2.24) is 34.1 Å². The fraction of sp³-hybridized carbons (Fsp3) is 0.476. The molecule has 238 valence electrons. The molecule has 2 aliphatic heterocycles. The zero-order valence-electron chi connectivity index (χ0n) is 22.2. The number of aromatic amines is 1. The second-order valence-corrected chi connectivity index (χ2v) is 12.9. The molecular weight excluding hydrogens is 654 g/mol. The van der Waals surface area contributed by atoms with Crippen LogP contribution in [0, 0.1) is 0 Å². The van der Waals surface area contributed by atoms with Gasteiger partial charge in [-0.25, -0.2) is 24.1 Å². The first-order valence-electron chi connectivity index (χ1n) is 12.8. The van der Waals surface area contributed by atoms with E-state index in [0.717, 1.165) is 0 Å². The molecule has 7 N–H and O–H groups in total. The lowest BCUT2D eigenvalue weighted by Crippen LogP contribution is -2.24. The molecule has 44 heavy (non-hydrogen) atoms. The summed E-state index contributed by atoms with van der Waals surface area (Å²) in [5.74, 6) is -0.238. The van der Waals surface area contributed by atoms with E-state index >= 15 is 0 Å². The molecule has 2 unspecified atom stereocenters. The van der Waals surface area contributed by atoms with Crippen molar-refractivity contribution in [3.63, 3.8) is 0 Å². The molecule has 0 amide bonds. The van der Waals surface area contributed by atoms with Gasteiger partial charge in [-0.05, 0) is 6.07 Å². The number of nitrogens with zero attached hydrogens (tertiary/aromatic N) is 6. The predicted octanol–water partition coefficient (Wildman–Crippen LogP) is 0.347. The first kappa shape index (κ1) is 31.2. The number of imidazole rings is 1. The van der Waals surface area contributed by atoms with E-state index in [0.29, 0.717) is 11.0 Å². The molecule has 7 atom stereocenters. The average Bonchev–Trinajstić information content (AvgIpc) is 3.71. The number of aromatic nitrogens is 7. The summed E-state index contributed by atoms with van der Waals surface area (Å²) in [6.07, 6.45) is -2.43. The number of H-pyrrole nitrogens is 1. The topological polar surface area (TPSA) is 282 Å². The second-order valence-electron chi connectivity index (χ2n) is 9.93. The number of nitrogen functional groups attached to an aromatic ring is 1. The number of phosphoric acid groups is 2. The van der Waals surface area contributed by atoms with Gasteiger partial charge < -0.3 is 39.6 Å². The lowest BCUT2D eigenvalue weighted by atomic mass is 10.2. The normalized spacial score (nSPS) is 27.4. The van der Waals surface area contributed by atoms with Crippen LogP contribution >= 0.6 is 27.2 Å². The maximum atomic E-state index is 13.1. The molecule has 23 heteroatoms. The van der Waals surface area contributed by atoms with E-state index in [1.54, 1.807) is 16.8 Å². The minimum Gasteiger partial charge on any atom is -0.388 e. The van der Waals surface area contributed by atoms with Crippen LogP contribution in [0.3, 0.4) is 0 Å². The van der Waals surface area contributed by atoms with Gasteiger partial charge in [0, 0.05) is 19.0 Å². The summed E-state index contributed by atoms with van der Waals surface area (Å²) in [6, 6.07) is 1.66. The molecule has 20 nitrogen and oxygen atoms in total. The molecule has 0 radical (unpaired) electrons. The minimum atomic E-state index is -4.87. The molecule has 2 fully saturated rings. The van der Waals surface area contributed by atoms with Gasteiger partial charge in [0.05, 0.1) is 37.1 Å². The van der Waals surface area contributed by atoms with Crippen LogP contribution in [0.1, 0.15) is 25.3 Å². The monoisotopic (exact) mass is 678 g/mol. The number of ether oxygens (including phenoxy) is 2. The van der Waals surface area contributed by atoms with E-state index in [2.05, 4.69) is 29.4 Å². The smallest absolute Gasteiger partial charge is 0.388 e. The van der Waals surface area contributed by atoms with Gasteiger partial charge in [-0.1, -0.05) is 11.6 Å². The van der Waals surface area contributed by atoms with Gasteiger partial charge >= 0.3 is 15.6 Å². The molecule has 4 aromatic heterocycles. The number of hydrogen-bond acceptors (Lipinski definition) is 14. The Morgan fingerprint density at radius 1 is 1.05 bits per heavy atom. The molecule has 0 bridgehead atoms. The highest BCUT2D eigenvalue weighted by Crippen LogP contribution is 2.50. The standard InChI is InChI=1S/C21H25ClN8O12P2/c22-15-11-1-2-29(16(11)25-7-24-15)19-12(31)3-9(40-19)6-39-44(36,37)42-13-4-10(5-38-43(33,34)35)41-20(13)30-8-26-14-17(30)27-21(23)28-18(14)32/h1-2,7-10,12-13,19-20,31H,3-6H2,(H,36,37)(H2,33,34,35)(H3,23,27,28,32)/t9-,10-,12+,13?,19+,20+/m0/s1. The Kier molecular flexibility index (Phi) is 8.37. The van der Waals surface area contributed by atoms with Gasteiger partial charge in [0.1, 0.15) is 29.3 Å². The first-order valence-corrected chi connectivity index (χ1v) is 16.2. The van der Waals surface area contributed by atoms with E-state index in [-0.39, 0.29) is 35.1 Å². The SMILES string of the molecule is Nc1nc2c(ncn2[C@@H]2O[C@H](COP(=O)(O)O)CC2OP(=O)(O)OC[C@@H]2C[C@@H](O)[C@H](n3ccc4c(Cl)ncnc43)O2)c(=O)[nH]1.